The lowest BCUT2D eigenvalue weighted by atomic mass is 9.74. The molecule has 1 saturated heterocycles. The normalized spacial score (nSPS) is 32.5. The Kier molecular flexibility index (Phi) is 7.39. The van der Waals surface area contributed by atoms with Crippen LogP contribution in [0.4, 0.5) is 0 Å². The molecule has 0 aliphatic carbocycles. The molecule has 1 rings (SSSR count). The molecular formula is C19H37NO. The van der Waals surface area contributed by atoms with Crippen molar-refractivity contribution >= 4 is 5.78 Å². The van der Waals surface area contributed by atoms with E-state index in [1.165, 1.54) is 25.7 Å². The summed E-state index contributed by atoms with van der Waals surface area (Å²) in [4.78, 5) is 15.0. The third-order valence-electron chi connectivity index (χ3n) is 5.40. The largest absolute Gasteiger partial charge is 0.298 e. The molecule has 0 aromatic heterocycles. The molecule has 0 bridgehead atoms. The third-order valence-corrected chi connectivity index (χ3v) is 5.40. The highest BCUT2D eigenvalue weighted by Crippen LogP contribution is 2.35. The zero-order valence-electron chi connectivity index (χ0n) is 15.4. The van der Waals surface area contributed by atoms with Crippen LogP contribution in [0.3, 0.4) is 0 Å². The van der Waals surface area contributed by atoms with Gasteiger partial charge in [-0.05, 0) is 56.9 Å². The molecule has 4 unspecified atom stereocenters. The Balaban J connectivity index is 2.96. The molecule has 0 aromatic rings. The predicted octanol–water partition coefficient (Wildman–Crippen LogP) is 4.77. The first-order chi connectivity index (χ1) is 9.76. The molecule has 2 nitrogen and oxygen atoms in total. The molecule has 1 heterocycles. The smallest absolute Gasteiger partial charge is 0.149 e. The fraction of sp³-hybridized carbons (Fsp3) is 0.947. The van der Waals surface area contributed by atoms with Crippen molar-refractivity contribution in [2.45, 2.75) is 85.7 Å². The number of carbonyl (C=O) groups excluding carboxylic acids is 1. The van der Waals surface area contributed by atoms with Gasteiger partial charge in [-0.2, -0.15) is 0 Å². The Morgan fingerprint density at radius 2 is 1.67 bits per heavy atom. The molecule has 2 heteroatoms. The maximum Gasteiger partial charge on any atom is 0.149 e. The third kappa shape index (κ3) is 5.39. The van der Waals surface area contributed by atoms with Gasteiger partial charge < -0.3 is 0 Å². The van der Waals surface area contributed by atoms with E-state index < -0.39 is 0 Å². The van der Waals surface area contributed by atoms with E-state index in [9.17, 15) is 4.79 Å². The van der Waals surface area contributed by atoms with Gasteiger partial charge in [0, 0.05) is 12.5 Å². The minimum atomic E-state index is 0.0845. The average Bonchev–Trinajstić information content (AvgIpc) is 2.39. The van der Waals surface area contributed by atoms with Crippen molar-refractivity contribution in [3.8, 4) is 0 Å². The van der Waals surface area contributed by atoms with Crippen LogP contribution in [-0.4, -0.2) is 29.8 Å². The molecule has 21 heavy (non-hydrogen) atoms. The van der Waals surface area contributed by atoms with Crippen molar-refractivity contribution in [2.24, 2.45) is 23.7 Å². The molecule has 0 aromatic carbocycles. The Hall–Kier alpha value is -0.370. The molecule has 1 aliphatic rings. The molecule has 1 fully saturated rings. The number of ketones is 1. The Morgan fingerprint density at radius 3 is 2.14 bits per heavy atom. The number of Topliss-reactive ketones (excluding diaryl/α,β-unsaturated/α-hetero) is 1. The predicted molar refractivity (Wildman–Crippen MR) is 91.4 cm³/mol. The molecule has 0 amide bonds. The highest BCUT2D eigenvalue weighted by molar-refractivity contribution is 5.84. The standard InChI is InChI=1S/C19H37NO/c1-8-16-11-18(10-14(4)5)20(7)15(6)19(21)12-17(16)9-13(2)3/h13-18H,8-12H2,1-7H3. The van der Waals surface area contributed by atoms with Crippen molar-refractivity contribution in [3.63, 3.8) is 0 Å². The first-order valence-corrected chi connectivity index (χ1v) is 9.00. The van der Waals surface area contributed by atoms with E-state index in [1.54, 1.807) is 0 Å². The first-order valence-electron chi connectivity index (χ1n) is 9.00. The average molecular weight is 296 g/mol. The molecule has 124 valence electrons. The number of rotatable bonds is 5. The van der Waals surface area contributed by atoms with Crippen molar-refractivity contribution in [2.75, 3.05) is 7.05 Å². The van der Waals surface area contributed by atoms with Crippen LogP contribution in [0.15, 0.2) is 0 Å². The van der Waals surface area contributed by atoms with Crippen molar-refractivity contribution in [3.05, 3.63) is 0 Å². The van der Waals surface area contributed by atoms with Crippen molar-refractivity contribution < 1.29 is 4.79 Å². The summed E-state index contributed by atoms with van der Waals surface area (Å²) in [6.45, 7) is 13.6. The van der Waals surface area contributed by atoms with Crippen molar-refractivity contribution in [1.82, 2.24) is 4.90 Å². The van der Waals surface area contributed by atoms with Gasteiger partial charge in [0.05, 0.1) is 6.04 Å². The molecule has 0 saturated carbocycles. The summed E-state index contributed by atoms with van der Waals surface area (Å²) < 4.78 is 0. The van der Waals surface area contributed by atoms with Crippen LogP contribution in [0.1, 0.15) is 73.6 Å². The lowest BCUT2D eigenvalue weighted by Crippen LogP contribution is -2.47. The van der Waals surface area contributed by atoms with Crippen LogP contribution >= 0.6 is 0 Å². The fourth-order valence-corrected chi connectivity index (χ4v) is 4.04. The minimum absolute atomic E-state index is 0.0845. The first kappa shape index (κ1) is 18.7. The SMILES string of the molecule is CCC1CC(CC(C)C)N(C)C(C)C(=O)CC1CC(C)C. The van der Waals surface area contributed by atoms with Gasteiger partial charge in [0.2, 0.25) is 0 Å². The summed E-state index contributed by atoms with van der Waals surface area (Å²) >= 11 is 0. The second-order valence-corrected chi connectivity index (χ2v) is 8.09. The number of hydrogen-bond donors (Lipinski definition) is 0. The topological polar surface area (TPSA) is 20.3 Å². The minimum Gasteiger partial charge on any atom is -0.298 e. The fourth-order valence-electron chi connectivity index (χ4n) is 4.04. The lowest BCUT2D eigenvalue weighted by Gasteiger charge is -2.41. The molecule has 0 N–H and O–H groups in total. The number of hydrogen-bond acceptors (Lipinski definition) is 2. The van der Waals surface area contributed by atoms with Gasteiger partial charge in [-0.3, -0.25) is 9.69 Å². The molecule has 4 atom stereocenters. The summed E-state index contributed by atoms with van der Waals surface area (Å²) in [5, 5.41) is 0. The zero-order chi connectivity index (χ0) is 16.2. The highest BCUT2D eigenvalue weighted by atomic mass is 16.1. The number of likely N-dealkylation sites (tertiary alicyclic amines) is 1. The van der Waals surface area contributed by atoms with Crippen LogP contribution in [-0.2, 0) is 4.79 Å². The Morgan fingerprint density at radius 1 is 1.10 bits per heavy atom. The quantitative estimate of drug-likeness (QED) is 0.728. The van der Waals surface area contributed by atoms with Gasteiger partial charge >= 0.3 is 0 Å². The Labute approximate surface area is 132 Å². The zero-order valence-corrected chi connectivity index (χ0v) is 15.4. The van der Waals surface area contributed by atoms with E-state index in [1.807, 2.05) is 0 Å². The van der Waals surface area contributed by atoms with Gasteiger partial charge in [0.1, 0.15) is 5.78 Å². The molecule has 0 radical (unpaired) electrons. The summed E-state index contributed by atoms with van der Waals surface area (Å²) in [5.74, 6) is 3.13. The second-order valence-electron chi connectivity index (χ2n) is 8.09. The summed E-state index contributed by atoms with van der Waals surface area (Å²) in [7, 11) is 2.16. The van der Waals surface area contributed by atoms with Gasteiger partial charge in [-0.15, -0.1) is 0 Å². The van der Waals surface area contributed by atoms with E-state index in [0.717, 1.165) is 6.42 Å². The van der Waals surface area contributed by atoms with Gasteiger partial charge in [0.25, 0.3) is 0 Å². The highest BCUT2D eigenvalue weighted by Gasteiger charge is 2.35. The maximum absolute atomic E-state index is 12.6. The van der Waals surface area contributed by atoms with E-state index >= 15 is 0 Å². The van der Waals surface area contributed by atoms with Crippen molar-refractivity contribution in [1.29, 1.82) is 0 Å². The molecular weight excluding hydrogens is 258 g/mol. The van der Waals surface area contributed by atoms with Gasteiger partial charge in [-0.25, -0.2) is 0 Å². The lowest BCUT2D eigenvalue weighted by molar-refractivity contribution is -0.127. The second kappa shape index (κ2) is 8.31. The molecule has 0 spiro atoms. The Bertz CT molecular complexity index is 324. The van der Waals surface area contributed by atoms with Crippen LogP contribution in [0.5, 0.6) is 0 Å². The number of nitrogens with zero attached hydrogens (tertiary/aromatic N) is 1. The summed E-state index contributed by atoms with van der Waals surface area (Å²) in [6, 6.07) is 0.644. The summed E-state index contributed by atoms with van der Waals surface area (Å²) in [6.07, 6.45) is 5.67. The van der Waals surface area contributed by atoms with Crippen LogP contribution < -0.4 is 0 Å². The van der Waals surface area contributed by atoms with Gasteiger partial charge in [0.15, 0.2) is 0 Å². The number of carbonyl (C=O) groups is 1. The van der Waals surface area contributed by atoms with Crippen LogP contribution in [0.2, 0.25) is 0 Å². The van der Waals surface area contributed by atoms with E-state index in [2.05, 4.69) is 53.5 Å². The van der Waals surface area contributed by atoms with E-state index in [0.29, 0.717) is 35.5 Å². The van der Waals surface area contributed by atoms with Gasteiger partial charge in [-0.1, -0.05) is 41.0 Å². The van der Waals surface area contributed by atoms with E-state index in [4.69, 9.17) is 0 Å². The van der Waals surface area contributed by atoms with Crippen LogP contribution in [0.25, 0.3) is 0 Å². The summed E-state index contributed by atoms with van der Waals surface area (Å²) in [5.41, 5.74) is 0. The van der Waals surface area contributed by atoms with E-state index in [-0.39, 0.29) is 6.04 Å². The maximum atomic E-state index is 12.6. The monoisotopic (exact) mass is 295 g/mol. The molecule has 1 aliphatic heterocycles. The number of likely N-dealkylation sites (N-methyl/N-ethyl adjacent to an activating group) is 1. The van der Waals surface area contributed by atoms with Crippen LogP contribution in [0, 0.1) is 23.7 Å².